The van der Waals surface area contributed by atoms with Crippen LogP contribution in [0.3, 0.4) is 0 Å². The van der Waals surface area contributed by atoms with Crippen molar-refractivity contribution < 1.29 is 0 Å². The largest absolute Gasteiger partial charge is 0.331 e. The Morgan fingerprint density at radius 2 is 2.00 bits per heavy atom. The standard InChI is InChI=1S/C13H25N3/c1-4-5-6-7-8-9-16-12(2)15-11-13(16)10-14-3/h11,14H,4-10H2,1-3H3. The molecule has 1 heterocycles. The molecule has 0 saturated heterocycles. The molecule has 92 valence electrons. The predicted octanol–water partition coefficient (Wildman–Crippen LogP) is 2.88. The van der Waals surface area contributed by atoms with E-state index in [2.05, 4.69) is 28.7 Å². The Bertz CT molecular complexity index is 291. The summed E-state index contributed by atoms with van der Waals surface area (Å²) in [6.07, 6.45) is 8.64. The Morgan fingerprint density at radius 1 is 1.25 bits per heavy atom. The quantitative estimate of drug-likeness (QED) is 0.687. The summed E-state index contributed by atoms with van der Waals surface area (Å²) < 4.78 is 2.34. The van der Waals surface area contributed by atoms with E-state index in [0.29, 0.717) is 0 Å². The van der Waals surface area contributed by atoms with Gasteiger partial charge in [-0.3, -0.25) is 0 Å². The van der Waals surface area contributed by atoms with Crippen molar-refractivity contribution in [3.63, 3.8) is 0 Å². The summed E-state index contributed by atoms with van der Waals surface area (Å²) in [6, 6.07) is 0. The van der Waals surface area contributed by atoms with Crippen molar-refractivity contribution in [2.45, 2.75) is 59.0 Å². The molecule has 16 heavy (non-hydrogen) atoms. The Kier molecular flexibility index (Phi) is 6.16. The van der Waals surface area contributed by atoms with E-state index in [-0.39, 0.29) is 0 Å². The number of imidazole rings is 1. The number of nitrogens with zero attached hydrogens (tertiary/aromatic N) is 2. The van der Waals surface area contributed by atoms with Crippen LogP contribution in [0.25, 0.3) is 0 Å². The average Bonchev–Trinajstić information content (AvgIpc) is 2.61. The topological polar surface area (TPSA) is 29.9 Å². The lowest BCUT2D eigenvalue weighted by atomic mass is 10.1. The van der Waals surface area contributed by atoms with Gasteiger partial charge >= 0.3 is 0 Å². The molecule has 0 bridgehead atoms. The molecule has 1 aromatic heterocycles. The second-order valence-corrected chi connectivity index (χ2v) is 4.39. The number of aromatic nitrogens is 2. The first kappa shape index (κ1) is 13.2. The molecule has 0 radical (unpaired) electrons. The van der Waals surface area contributed by atoms with Crippen molar-refractivity contribution in [2.75, 3.05) is 7.05 Å². The van der Waals surface area contributed by atoms with Gasteiger partial charge in [0.05, 0.1) is 5.69 Å². The number of unbranched alkanes of at least 4 members (excludes halogenated alkanes) is 4. The molecule has 0 spiro atoms. The Balaban J connectivity index is 2.36. The van der Waals surface area contributed by atoms with E-state index in [0.717, 1.165) is 18.9 Å². The minimum Gasteiger partial charge on any atom is -0.331 e. The normalized spacial score (nSPS) is 10.9. The van der Waals surface area contributed by atoms with Gasteiger partial charge in [0.15, 0.2) is 0 Å². The van der Waals surface area contributed by atoms with Gasteiger partial charge in [-0.2, -0.15) is 0 Å². The zero-order valence-electron chi connectivity index (χ0n) is 10.9. The monoisotopic (exact) mass is 223 g/mol. The average molecular weight is 223 g/mol. The van der Waals surface area contributed by atoms with Crippen molar-refractivity contribution in [1.29, 1.82) is 0 Å². The summed E-state index contributed by atoms with van der Waals surface area (Å²) in [5.41, 5.74) is 1.30. The van der Waals surface area contributed by atoms with Crippen LogP contribution in [0.4, 0.5) is 0 Å². The van der Waals surface area contributed by atoms with E-state index >= 15 is 0 Å². The zero-order chi connectivity index (χ0) is 11.8. The van der Waals surface area contributed by atoms with E-state index < -0.39 is 0 Å². The second kappa shape index (κ2) is 7.44. The van der Waals surface area contributed by atoms with Gasteiger partial charge in [0.25, 0.3) is 0 Å². The summed E-state index contributed by atoms with van der Waals surface area (Å²) in [6.45, 7) is 6.37. The second-order valence-electron chi connectivity index (χ2n) is 4.39. The maximum Gasteiger partial charge on any atom is 0.105 e. The maximum atomic E-state index is 4.37. The van der Waals surface area contributed by atoms with Crippen molar-refractivity contribution in [2.24, 2.45) is 0 Å². The number of nitrogens with one attached hydrogen (secondary N) is 1. The van der Waals surface area contributed by atoms with Crippen molar-refractivity contribution >= 4 is 0 Å². The molecular weight excluding hydrogens is 198 g/mol. The highest BCUT2D eigenvalue weighted by Crippen LogP contribution is 2.09. The van der Waals surface area contributed by atoms with Gasteiger partial charge in [-0.1, -0.05) is 32.6 Å². The van der Waals surface area contributed by atoms with E-state index in [4.69, 9.17) is 0 Å². The van der Waals surface area contributed by atoms with Gasteiger partial charge in [0.1, 0.15) is 5.82 Å². The lowest BCUT2D eigenvalue weighted by molar-refractivity contribution is 0.543. The van der Waals surface area contributed by atoms with E-state index in [9.17, 15) is 0 Å². The Labute approximate surface area is 99.3 Å². The van der Waals surface area contributed by atoms with Gasteiger partial charge in [-0.05, 0) is 20.4 Å². The third-order valence-corrected chi connectivity index (χ3v) is 2.98. The number of rotatable bonds is 8. The molecule has 0 aliphatic heterocycles. The Morgan fingerprint density at radius 3 is 2.69 bits per heavy atom. The van der Waals surface area contributed by atoms with E-state index in [1.807, 2.05) is 13.2 Å². The fourth-order valence-electron chi connectivity index (χ4n) is 2.02. The fraction of sp³-hybridized carbons (Fsp3) is 0.769. The molecule has 0 amide bonds. The summed E-state index contributed by atoms with van der Waals surface area (Å²) in [7, 11) is 1.98. The molecule has 0 atom stereocenters. The minimum atomic E-state index is 0.912. The third kappa shape index (κ3) is 3.97. The third-order valence-electron chi connectivity index (χ3n) is 2.98. The molecule has 1 N–H and O–H groups in total. The maximum absolute atomic E-state index is 4.37. The molecule has 0 unspecified atom stereocenters. The molecule has 0 aromatic carbocycles. The van der Waals surface area contributed by atoms with E-state index in [1.165, 1.54) is 37.8 Å². The van der Waals surface area contributed by atoms with Gasteiger partial charge in [0, 0.05) is 19.3 Å². The number of aryl methyl sites for hydroxylation is 1. The molecule has 3 nitrogen and oxygen atoms in total. The summed E-state index contributed by atoms with van der Waals surface area (Å²) in [5, 5.41) is 3.19. The lowest BCUT2D eigenvalue weighted by Gasteiger charge is -2.09. The van der Waals surface area contributed by atoms with Crippen LogP contribution in [-0.4, -0.2) is 16.6 Å². The van der Waals surface area contributed by atoms with Crippen LogP contribution in [0.15, 0.2) is 6.20 Å². The molecule has 0 aliphatic rings. The predicted molar refractivity (Wildman–Crippen MR) is 68.5 cm³/mol. The number of hydrogen-bond donors (Lipinski definition) is 1. The summed E-state index contributed by atoms with van der Waals surface area (Å²) >= 11 is 0. The number of hydrogen-bond acceptors (Lipinski definition) is 2. The van der Waals surface area contributed by atoms with Crippen LogP contribution in [0.2, 0.25) is 0 Å². The highest BCUT2D eigenvalue weighted by Gasteiger charge is 2.04. The fourth-order valence-corrected chi connectivity index (χ4v) is 2.02. The first-order valence-electron chi connectivity index (χ1n) is 6.45. The minimum absolute atomic E-state index is 0.912. The Hall–Kier alpha value is -0.830. The molecule has 3 heteroatoms. The van der Waals surface area contributed by atoms with Gasteiger partial charge in [-0.25, -0.2) is 4.98 Å². The van der Waals surface area contributed by atoms with Crippen molar-refractivity contribution in [3.05, 3.63) is 17.7 Å². The van der Waals surface area contributed by atoms with Crippen LogP contribution in [-0.2, 0) is 13.1 Å². The van der Waals surface area contributed by atoms with Gasteiger partial charge < -0.3 is 9.88 Å². The van der Waals surface area contributed by atoms with Crippen LogP contribution < -0.4 is 5.32 Å². The van der Waals surface area contributed by atoms with Crippen LogP contribution in [0.5, 0.6) is 0 Å². The molecule has 0 fully saturated rings. The molecule has 1 aromatic rings. The van der Waals surface area contributed by atoms with Crippen LogP contribution in [0, 0.1) is 6.92 Å². The lowest BCUT2D eigenvalue weighted by Crippen LogP contribution is -2.12. The highest BCUT2D eigenvalue weighted by molar-refractivity contribution is 5.04. The zero-order valence-corrected chi connectivity index (χ0v) is 10.9. The smallest absolute Gasteiger partial charge is 0.105 e. The summed E-state index contributed by atoms with van der Waals surface area (Å²) in [5.74, 6) is 1.14. The first-order valence-corrected chi connectivity index (χ1v) is 6.45. The highest BCUT2D eigenvalue weighted by atomic mass is 15.1. The van der Waals surface area contributed by atoms with Crippen molar-refractivity contribution in [3.8, 4) is 0 Å². The van der Waals surface area contributed by atoms with Crippen LogP contribution >= 0.6 is 0 Å². The summed E-state index contributed by atoms with van der Waals surface area (Å²) in [4.78, 5) is 4.37. The van der Waals surface area contributed by atoms with Gasteiger partial charge in [0.2, 0.25) is 0 Å². The van der Waals surface area contributed by atoms with Crippen LogP contribution in [0.1, 0.15) is 50.5 Å². The molecule has 1 rings (SSSR count). The molecule has 0 aliphatic carbocycles. The molecular formula is C13H25N3. The van der Waals surface area contributed by atoms with Gasteiger partial charge in [-0.15, -0.1) is 0 Å². The first-order chi connectivity index (χ1) is 7.79. The van der Waals surface area contributed by atoms with Crippen molar-refractivity contribution in [1.82, 2.24) is 14.9 Å². The SMILES string of the molecule is CCCCCCCn1c(CNC)cnc1C. The molecule has 0 saturated carbocycles. The van der Waals surface area contributed by atoms with E-state index in [1.54, 1.807) is 0 Å².